The highest BCUT2D eigenvalue weighted by molar-refractivity contribution is 5.83. The fourth-order valence-electron chi connectivity index (χ4n) is 4.17. The number of benzene rings is 5. The SMILES string of the molecule is c1ccc2cc(CNCc3ccc(CNCc4ccc5ccccc5c4)cc3)ccc2c1. The molecular weight excluding hydrogens is 388 g/mol. The van der Waals surface area contributed by atoms with Gasteiger partial charge in [-0.2, -0.15) is 0 Å². The van der Waals surface area contributed by atoms with E-state index in [0.29, 0.717) is 0 Å². The summed E-state index contributed by atoms with van der Waals surface area (Å²) in [5.74, 6) is 0. The van der Waals surface area contributed by atoms with E-state index in [-0.39, 0.29) is 0 Å². The van der Waals surface area contributed by atoms with Gasteiger partial charge >= 0.3 is 0 Å². The summed E-state index contributed by atoms with van der Waals surface area (Å²) in [7, 11) is 0. The lowest BCUT2D eigenvalue weighted by molar-refractivity contribution is 0.686. The number of fused-ring (bicyclic) bond motifs is 2. The first-order chi connectivity index (χ1) is 15.8. The van der Waals surface area contributed by atoms with Gasteiger partial charge in [0.1, 0.15) is 0 Å². The van der Waals surface area contributed by atoms with E-state index >= 15 is 0 Å². The second kappa shape index (κ2) is 9.78. The molecule has 5 rings (SSSR count). The standard InChI is InChI=1S/C30H28N2/c1-3-7-29-17-25(13-15-27(29)5-1)21-31-19-23-9-11-24(12-10-23)20-32-22-26-14-16-28-6-2-4-8-30(28)18-26/h1-18,31-32H,19-22H2. The van der Waals surface area contributed by atoms with Crippen molar-refractivity contribution in [1.82, 2.24) is 10.6 Å². The topological polar surface area (TPSA) is 24.1 Å². The summed E-state index contributed by atoms with van der Waals surface area (Å²) in [6.07, 6.45) is 0. The first-order valence-electron chi connectivity index (χ1n) is 11.3. The van der Waals surface area contributed by atoms with Gasteiger partial charge in [-0.25, -0.2) is 0 Å². The van der Waals surface area contributed by atoms with Gasteiger partial charge in [0.25, 0.3) is 0 Å². The fourth-order valence-corrected chi connectivity index (χ4v) is 4.17. The lowest BCUT2D eigenvalue weighted by Crippen LogP contribution is -2.14. The zero-order chi connectivity index (χ0) is 21.6. The number of hydrogen-bond donors (Lipinski definition) is 2. The lowest BCUT2D eigenvalue weighted by atomic mass is 10.1. The molecule has 0 unspecified atom stereocenters. The van der Waals surface area contributed by atoms with Crippen LogP contribution in [0.3, 0.4) is 0 Å². The van der Waals surface area contributed by atoms with E-state index in [4.69, 9.17) is 0 Å². The second-order valence-electron chi connectivity index (χ2n) is 8.39. The van der Waals surface area contributed by atoms with Crippen molar-refractivity contribution in [3.8, 4) is 0 Å². The van der Waals surface area contributed by atoms with Crippen molar-refractivity contribution < 1.29 is 0 Å². The molecule has 5 aromatic carbocycles. The van der Waals surface area contributed by atoms with Gasteiger partial charge in [0.15, 0.2) is 0 Å². The van der Waals surface area contributed by atoms with Crippen LogP contribution in [-0.2, 0) is 26.2 Å². The Balaban J connectivity index is 1.09. The van der Waals surface area contributed by atoms with Gasteiger partial charge in [-0.3, -0.25) is 0 Å². The molecule has 0 fully saturated rings. The molecule has 0 saturated carbocycles. The van der Waals surface area contributed by atoms with Gasteiger partial charge in [0.05, 0.1) is 0 Å². The van der Waals surface area contributed by atoms with Crippen molar-refractivity contribution in [1.29, 1.82) is 0 Å². The first-order valence-corrected chi connectivity index (χ1v) is 11.3. The maximum Gasteiger partial charge on any atom is 0.0208 e. The molecule has 0 atom stereocenters. The molecule has 0 saturated heterocycles. The van der Waals surface area contributed by atoms with E-state index in [1.54, 1.807) is 0 Å². The largest absolute Gasteiger partial charge is 0.309 e. The Morgan fingerprint density at radius 1 is 0.344 bits per heavy atom. The molecule has 2 heteroatoms. The number of rotatable bonds is 8. The Morgan fingerprint density at radius 3 is 1.12 bits per heavy atom. The molecule has 5 aromatic rings. The Labute approximate surface area is 189 Å². The van der Waals surface area contributed by atoms with Gasteiger partial charge in [-0.15, -0.1) is 0 Å². The van der Waals surface area contributed by atoms with Gasteiger partial charge in [-0.1, -0.05) is 97.1 Å². The third-order valence-electron chi connectivity index (χ3n) is 5.97. The molecule has 0 amide bonds. The van der Waals surface area contributed by atoms with Gasteiger partial charge in [-0.05, 0) is 55.9 Å². The molecule has 0 heterocycles. The predicted octanol–water partition coefficient (Wildman–Crippen LogP) is 6.57. The number of nitrogens with one attached hydrogen (secondary N) is 2. The third-order valence-corrected chi connectivity index (χ3v) is 5.97. The van der Waals surface area contributed by atoms with E-state index in [1.165, 1.54) is 43.8 Å². The first kappa shape index (κ1) is 20.4. The van der Waals surface area contributed by atoms with Gasteiger partial charge in [0.2, 0.25) is 0 Å². The molecule has 0 aliphatic heterocycles. The third kappa shape index (κ3) is 5.05. The van der Waals surface area contributed by atoms with E-state index in [2.05, 4.69) is 120 Å². The number of hydrogen-bond acceptors (Lipinski definition) is 2. The molecule has 2 nitrogen and oxygen atoms in total. The zero-order valence-electron chi connectivity index (χ0n) is 18.2. The minimum atomic E-state index is 0.873. The van der Waals surface area contributed by atoms with Crippen LogP contribution in [0.25, 0.3) is 21.5 Å². The highest BCUT2D eigenvalue weighted by Gasteiger charge is 2.00. The molecule has 158 valence electrons. The molecule has 0 aliphatic rings. The Kier molecular flexibility index (Phi) is 6.25. The normalized spacial score (nSPS) is 11.2. The maximum absolute atomic E-state index is 3.57. The highest BCUT2D eigenvalue weighted by atomic mass is 14.9. The molecule has 0 bridgehead atoms. The fraction of sp³-hybridized carbons (Fsp3) is 0.133. The predicted molar refractivity (Wildman–Crippen MR) is 135 cm³/mol. The van der Waals surface area contributed by atoms with Crippen LogP contribution >= 0.6 is 0 Å². The van der Waals surface area contributed by atoms with Crippen molar-refractivity contribution in [3.63, 3.8) is 0 Å². The summed E-state index contributed by atoms with van der Waals surface area (Å²) in [6, 6.07) is 39.3. The summed E-state index contributed by atoms with van der Waals surface area (Å²) in [5, 5.41) is 12.3. The van der Waals surface area contributed by atoms with Crippen molar-refractivity contribution in [3.05, 3.63) is 131 Å². The summed E-state index contributed by atoms with van der Waals surface area (Å²) in [6.45, 7) is 3.50. The highest BCUT2D eigenvalue weighted by Crippen LogP contribution is 2.17. The molecular formula is C30H28N2. The zero-order valence-corrected chi connectivity index (χ0v) is 18.2. The molecule has 0 aliphatic carbocycles. The molecule has 2 N–H and O–H groups in total. The van der Waals surface area contributed by atoms with Crippen molar-refractivity contribution >= 4 is 21.5 Å². The minimum absolute atomic E-state index is 0.873. The second-order valence-corrected chi connectivity index (χ2v) is 8.39. The van der Waals surface area contributed by atoms with Gasteiger partial charge in [0, 0.05) is 26.2 Å². The van der Waals surface area contributed by atoms with E-state index in [0.717, 1.165) is 26.2 Å². The van der Waals surface area contributed by atoms with Crippen LogP contribution in [-0.4, -0.2) is 0 Å². The van der Waals surface area contributed by atoms with Crippen LogP contribution in [0.1, 0.15) is 22.3 Å². The minimum Gasteiger partial charge on any atom is -0.309 e. The average molecular weight is 417 g/mol. The van der Waals surface area contributed by atoms with Crippen molar-refractivity contribution in [2.24, 2.45) is 0 Å². The van der Waals surface area contributed by atoms with Crippen LogP contribution in [0.15, 0.2) is 109 Å². The Hall–Kier alpha value is -3.46. The van der Waals surface area contributed by atoms with E-state index < -0.39 is 0 Å². The quantitative estimate of drug-likeness (QED) is 0.299. The van der Waals surface area contributed by atoms with Crippen molar-refractivity contribution in [2.75, 3.05) is 0 Å². The molecule has 32 heavy (non-hydrogen) atoms. The maximum atomic E-state index is 3.57. The lowest BCUT2D eigenvalue weighted by Gasteiger charge is -2.09. The molecule has 0 radical (unpaired) electrons. The summed E-state index contributed by atoms with van der Waals surface area (Å²) >= 11 is 0. The summed E-state index contributed by atoms with van der Waals surface area (Å²) in [4.78, 5) is 0. The smallest absolute Gasteiger partial charge is 0.0208 e. The van der Waals surface area contributed by atoms with Crippen LogP contribution in [0.4, 0.5) is 0 Å². The van der Waals surface area contributed by atoms with E-state index in [1.807, 2.05) is 0 Å². The van der Waals surface area contributed by atoms with Gasteiger partial charge < -0.3 is 10.6 Å². The van der Waals surface area contributed by atoms with Crippen LogP contribution in [0, 0.1) is 0 Å². The summed E-state index contributed by atoms with van der Waals surface area (Å²) in [5.41, 5.74) is 5.25. The average Bonchev–Trinajstić information content (AvgIpc) is 2.85. The Morgan fingerprint density at radius 2 is 0.688 bits per heavy atom. The van der Waals surface area contributed by atoms with Crippen LogP contribution < -0.4 is 10.6 Å². The summed E-state index contributed by atoms with van der Waals surface area (Å²) < 4.78 is 0. The Bertz CT molecular complexity index is 1220. The van der Waals surface area contributed by atoms with E-state index in [9.17, 15) is 0 Å². The van der Waals surface area contributed by atoms with Crippen molar-refractivity contribution in [2.45, 2.75) is 26.2 Å². The molecule has 0 aromatic heterocycles. The monoisotopic (exact) mass is 416 g/mol. The van der Waals surface area contributed by atoms with Crippen LogP contribution in [0.5, 0.6) is 0 Å². The van der Waals surface area contributed by atoms with Crippen LogP contribution in [0.2, 0.25) is 0 Å². The molecule has 0 spiro atoms.